The molecule has 2 rings (SSSR count). The maximum Gasteiger partial charge on any atom is 0.337 e. The first-order valence-corrected chi connectivity index (χ1v) is 5.20. The van der Waals surface area contributed by atoms with Crippen molar-refractivity contribution in [3.05, 3.63) is 40.5 Å². The lowest BCUT2D eigenvalue weighted by molar-refractivity contribution is 0.0696. The van der Waals surface area contributed by atoms with Gasteiger partial charge >= 0.3 is 5.97 Å². The first kappa shape index (κ1) is 11.5. The molecule has 0 saturated heterocycles. The number of ketones is 1. The fourth-order valence-electron chi connectivity index (χ4n) is 1.54. The highest BCUT2D eigenvalue weighted by molar-refractivity contribution is 6.34. The highest BCUT2D eigenvalue weighted by atomic mass is 35.5. The van der Waals surface area contributed by atoms with E-state index in [-0.39, 0.29) is 11.3 Å². The summed E-state index contributed by atoms with van der Waals surface area (Å²) in [6.07, 6.45) is 1.25. The molecular weight excluding hydrogens is 242 g/mol. The summed E-state index contributed by atoms with van der Waals surface area (Å²) in [7, 11) is 0. The number of benzene rings is 1. The van der Waals surface area contributed by atoms with Gasteiger partial charge in [-0.3, -0.25) is 9.78 Å². The second-order valence-electron chi connectivity index (χ2n) is 3.61. The molecule has 1 heterocycles. The normalized spacial score (nSPS) is 10.5. The third-order valence-electron chi connectivity index (χ3n) is 2.40. The molecule has 5 heteroatoms. The number of aromatic nitrogens is 1. The van der Waals surface area contributed by atoms with Gasteiger partial charge in [0.1, 0.15) is 0 Å². The van der Waals surface area contributed by atoms with Crippen LogP contribution >= 0.6 is 11.6 Å². The Labute approximate surface area is 102 Å². The van der Waals surface area contributed by atoms with Crippen molar-refractivity contribution >= 4 is 34.3 Å². The Morgan fingerprint density at radius 2 is 2.00 bits per heavy atom. The predicted molar refractivity (Wildman–Crippen MR) is 63.7 cm³/mol. The van der Waals surface area contributed by atoms with Crippen LogP contribution in [0.2, 0.25) is 5.02 Å². The molecule has 0 fully saturated rings. The van der Waals surface area contributed by atoms with Crippen molar-refractivity contribution in [2.24, 2.45) is 0 Å². The summed E-state index contributed by atoms with van der Waals surface area (Å²) in [5.74, 6) is -1.20. The summed E-state index contributed by atoms with van der Waals surface area (Å²) in [4.78, 5) is 26.1. The molecule has 4 nitrogen and oxygen atoms in total. The molecular formula is C12H8ClNO3. The van der Waals surface area contributed by atoms with Gasteiger partial charge in [-0.25, -0.2) is 4.79 Å². The predicted octanol–water partition coefficient (Wildman–Crippen LogP) is 2.79. The number of carbonyl (C=O) groups is 2. The SMILES string of the molecule is CC(=O)c1cc2ncc(C(=O)O)cc2cc1Cl. The Hall–Kier alpha value is -1.94. The van der Waals surface area contributed by atoms with Gasteiger partial charge in [-0.2, -0.15) is 0 Å². The molecule has 0 spiro atoms. The molecule has 0 atom stereocenters. The van der Waals surface area contributed by atoms with Gasteiger partial charge in [-0.05, 0) is 25.1 Å². The molecule has 0 aliphatic rings. The van der Waals surface area contributed by atoms with Crippen LogP contribution in [0.3, 0.4) is 0 Å². The van der Waals surface area contributed by atoms with E-state index in [2.05, 4.69) is 4.98 Å². The van der Waals surface area contributed by atoms with E-state index in [0.29, 0.717) is 21.5 Å². The lowest BCUT2D eigenvalue weighted by Gasteiger charge is -2.04. The van der Waals surface area contributed by atoms with Gasteiger partial charge in [0.25, 0.3) is 0 Å². The average Bonchev–Trinajstić information content (AvgIpc) is 2.26. The number of nitrogens with zero attached hydrogens (tertiary/aromatic N) is 1. The van der Waals surface area contributed by atoms with E-state index in [0.717, 1.165) is 0 Å². The number of hydrogen-bond donors (Lipinski definition) is 1. The summed E-state index contributed by atoms with van der Waals surface area (Å²) >= 11 is 5.93. The van der Waals surface area contributed by atoms with E-state index in [1.165, 1.54) is 19.2 Å². The maximum absolute atomic E-state index is 11.3. The number of carboxylic acid groups (broad SMARTS) is 1. The van der Waals surface area contributed by atoms with Gasteiger partial charge in [-0.15, -0.1) is 0 Å². The van der Waals surface area contributed by atoms with E-state index >= 15 is 0 Å². The number of hydrogen-bond acceptors (Lipinski definition) is 3. The molecule has 0 unspecified atom stereocenters. The summed E-state index contributed by atoms with van der Waals surface area (Å²) < 4.78 is 0. The third kappa shape index (κ3) is 2.12. The zero-order valence-electron chi connectivity index (χ0n) is 8.90. The van der Waals surface area contributed by atoms with Gasteiger partial charge in [0.15, 0.2) is 5.78 Å². The number of aromatic carboxylic acids is 1. The molecule has 0 aliphatic carbocycles. The number of rotatable bonds is 2. The molecule has 1 N–H and O–H groups in total. The van der Waals surface area contributed by atoms with Crippen LogP contribution in [0.1, 0.15) is 27.6 Å². The molecule has 0 amide bonds. The number of fused-ring (bicyclic) bond motifs is 1. The van der Waals surface area contributed by atoms with Crippen LogP contribution in [0.5, 0.6) is 0 Å². The molecule has 0 radical (unpaired) electrons. The maximum atomic E-state index is 11.3. The summed E-state index contributed by atoms with van der Waals surface area (Å²) in [6.45, 7) is 1.42. The number of carboxylic acids is 1. The van der Waals surface area contributed by atoms with E-state index < -0.39 is 5.97 Å². The van der Waals surface area contributed by atoms with E-state index in [9.17, 15) is 9.59 Å². The van der Waals surface area contributed by atoms with Gasteiger partial charge in [0.05, 0.1) is 16.1 Å². The molecule has 17 heavy (non-hydrogen) atoms. The Kier molecular flexibility index (Phi) is 2.81. The molecule has 2 aromatic rings. The highest BCUT2D eigenvalue weighted by Crippen LogP contribution is 2.24. The van der Waals surface area contributed by atoms with Crippen molar-refractivity contribution in [3.63, 3.8) is 0 Å². The minimum Gasteiger partial charge on any atom is -0.478 e. The van der Waals surface area contributed by atoms with Crippen LogP contribution in [0.25, 0.3) is 10.9 Å². The average molecular weight is 250 g/mol. The van der Waals surface area contributed by atoms with E-state index in [1.807, 2.05) is 0 Å². The van der Waals surface area contributed by atoms with Gasteiger partial charge < -0.3 is 5.11 Å². The van der Waals surface area contributed by atoms with Crippen molar-refractivity contribution in [3.8, 4) is 0 Å². The summed E-state index contributed by atoms with van der Waals surface area (Å²) in [6, 6.07) is 4.58. The minimum absolute atomic E-state index is 0.0872. The van der Waals surface area contributed by atoms with Crippen molar-refractivity contribution < 1.29 is 14.7 Å². The summed E-state index contributed by atoms with van der Waals surface area (Å²) in [5.41, 5.74) is 1.02. The monoisotopic (exact) mass is 249 g/mol. The van der Waals surface area contributed by atoms with Crippen LogP contribution < -0.4 is 0 Å². The fraction of sp³-hybridized carbons (Fsp3) is 0.0833. The largest absolute Gasteiger partial charge is 0.478 e. The van der Waals surface area contributed by atoms with Crippen molar-refractivity contribution in [2.45, 2.75) is 6.92 Å². The van der Waals surface area contributed by atoms with Gasteiger partial charge in [-0.1, -0.05) is 11.6 Å². The Balaban J connectivity index is 2.70. The van der Waals surface area contributed by atoms with E-state index in [4.69, 9.17) is 16.7 Å². The first-order chi connectivity index (χ1) is 7.99. The summed E-state index contributed by atoms with van der Waals surface area (Å²) in [5, 5.41) is 9.73. The van der Waals surface area contributed by atoms with Crippen molar-refractivity contribution in [2.75, 3.05) is 0 Å². The van der Waals surface area contributed by atoms with Gasteiger partial charge in [0, 0.05) is 17.1 Å². The lowest BCUT2D eigenvalue weighted by atomic mass is 10.1. The standard InChI is InChI=1S/C12H8ClNO3/c1-6(15)9-4-11-7(3-10(9)13)2-8(5-14-11)12(16)17/h2-5H,1H3,(H,16,17). The zero-order chi connectivity index (χ0) is 12.6. The molecule has 1 aromatic carbocycles. The number of Topliss-reactive ketones (excluding diaryl/α,β-unsaturated/α-hetero) is 1. The van der Waals surface area contributed by atoms with Crippen molar-refractivity contribution in [1.29, 1.82) is 0 Å². The third-order valence-corrected chi connectivity index (χ3v) is 2.71. The van der Waals surface area contributed by atoms with Crippen LogP contribution in [0.4, 0.5) is 0 Å². The Morgan fingerprint density at radius 3 is 2.59 bits per heavy atom. The molecule has 1 aromatic heterocycles. The number of carbonyl (C=O) groups excluding carboxylic acids is 1. The van der Waals surface area contributed by atoms with Crippen LogP contribution in [-0.2, 0) is 0 Å². The van der Waals surface area contributed by atoms with Crippen LogP contribution in [-0.4, -0.2) is 21.8 Å². The highest BCUT2D eigenvalue weighted by Gasteiger charge is 2.10. The Bertz CT molecular complexity index is 637. The lowest BCUT2D eigenvalue weighted by Crippen LogP contribution is -1.99. The smallest absolute Gasteiger partial charge is 0.337 e. The zero-order valence-corrected chi connectivity index (χ0v) is 9.65. The molecule has 86 valence electrons. The van der Waals surface area contributed by atoms with Crippen molar-refractivity contribution in [1.82, 2.24) is 4.98 Å². The second kappa shape index (κ2) is 4.14. The number of pyridine rings is 1. The molecule has 0 aliphatic heterocycles. The van der Waals surface area contributed by atoms with Crippen LogP contribution in [0.15, 0.2) is 24.4 Å². The first-order valence-electron chi connectivity index (χ1n) is 4.82. The van der Waals surface area contributed by atoms with E-state index in [1.54, 1.807) is 12.1 Å². The van der Waals surface area contributed by atoms with Gasteiger partial charge in [0.2, 0.25) is 0 Å². The molecule has 0 saturated carbocycles. The minimum atomic E-state index is -1.05. The van der Waals surface area contributed by atoms with Crippen LogP contribution in [0, 0.1) is 0 Å². The number of halogens is 1. The Morgan fingerprint density at radius 1 is 1.29 bits per heavy atom. The quantitative estimate of drug-likeness (QED) is 0.831. The fourth-order valence-corrected chi connectivity index (χ4v) is 1.84. The molecule has 0 bridgehead atoms. The second-order valence-corrected chi connectivity index (χ2v) is 4.02. The topological polar surface area (TPSA) is 67.3 Å².